The minimum absolute atomic E-state index is 0.217. The van der Waals surface area contributed by atoms with E-state index in [9.17, 15) is 9.59 Å². The Balaban J connectivity index is 3.74. The smallest absolute Gasteiger partial charge is 0.310 e. The first-order valence-electron chi connectivity index (χ1n) is 3.51. The number of hydrogen-bond acceptors (Lipinski definition) is 3. The number of ether oxygens (including phenoxy) is 1. The summed E-state index contributed by atoms with van der Waals surface area (Å²) >= 11 is 0. The topological polar surface area (TPSA) is 55.4 Å². The third-order valence-corrected chi connectivity index (χ3v) is 1.47. The highest BCUT2D eigenvalue weighted by Crippen LogP contribution is 2.02. The quantitative estimate of drug-likeness (QED) is 0.451. The fraction of sp³-hybridized carbons (Fsp3) is 0.714. The van der Waals surface area contributed by atoms with Gasteiger partial charge in [-0.2, -0.15) is 0 Å². The van der Waals surface area contributed by atoms with Gasteiger partial charge in [0, 0.05) is 6.54 Å². The van der Waals surface area contributed by atoms with Crippen LogP contribution in [0.15, 0.2) is 0 Å². The van der Waals surface area contributed by atoms with E-state index in [0.717, 1.165) is 0 Å². The molecule has 0 aromatic heterocycles. The zero-order valence-electron chi connectivity index (χ0n) is 6.79. The molecule has 0 rings (SSSR count). The Kier molecular flexibility index (Phi) is 5.15. The van der Waals surface area contributed by atoms with E-state index in [2.05, 4.69) is 10.1 Å². The summed E-state index contributed by atoms with van der Waals surface area (Å²) in [6.45, 7) is 2.22. The molecule has 0 saturated heterocycles. The zero-order valence-corrected chi connectivity index (χ0v) is 6.79. The molecule has 1 amide bonds. The Labute approximate surface area is 65.9 Å². The van der Waals surface area contributed by atoms with E-state index in [1.54, 1.807) is 0 Å². The van der Waals surface area contributed by atoms with Crippen LogP contribution in [-0.4, -0.2) is 26.0 Å². The second kappa shape index (κ2) is 5.70. The van der Waals surface area contributed by atoms with E-state index in [-0.39, 0.29) is 11.9 Å². The van der Waals surface area contributed by atoms with E-state index >= 15 is 0 Å². The molecule has 0 spiro atoms. The van der Waals surface area contributed by atoms with Gasteiger partial charge >= 0.3 is 5.97 Å². The van der Waals surface area contributed by atoms with Crippen LogP contribution in [-0.2, 0) is 14.3 Å². The van der Waals surface area contributed by atoms with Crippen molar-refractivity contribution in [2.24, 2.45) is 5.92 Å². The number of amides is 1. The third-order valence-electron chi connectivity index (χ3n) is 1.47. The highest BCUT2D eigenvalue weighted by molar-refractivity contribution is 5.72. The summed E-state index contributed by atoms with van der Waals surface area (Å²) in [7, 11) is 1.34. The molecule has 1 atom stereocenters. The zero-order chi connectivity index (χ0) is 8.69. The van der Waals surface area contributed by atoms with Crippen LogP contribution in [0.2, 0.25) is 0 Å². The molecule has 0 fully saturated rings. The van der Waals surface area contributed by atoms with E-state index < -0.39 is 0 Å². The largest absolute Gasteiger partial charge is 0.469 e. The van der Waals surface area contributed by atoms with Crippen LogP contribution >= 0.6 is 0 Å². The molecular formula is C7H13NO3. The van der Waals surface area contributed by atoms with Crippen molar-refractivity contribution >= 4 is 12.4 Å². The second-order valence-corrected chi connectivity index (χ2v) is 2.15. The van der Waals surface area contributed by atoms with Gasteiger partial charge in [0.2, 0.25) is 6.41 Å². The maximum atomic E-state index is 10.9. The van der Waals surface area contributed by atoms with Crippen molar-refractivity contribution in [2.45, 2.75) is 13.3 Å². The van der Waals surface area contributed by atoms with Crippen molar-refractivity contribution in [1.29, 1.82) is 0 Å². The molecular weight excluding hydrogens is 146 g/mol. The summed E-state index contributed by atoms with van der Waals surface area (Å²) < 4.78 is 4.51. The van der Waals surface area contributed by atoms with Crippen molar-refractivity contribution in [3.05, 3.63) is 0 Å². The lowest BCUT2D eigenvalue weighted by Gasteiger charge is -2.10. The van der Waals surface area contributed by atoms with Gasteiger partial charge < -0.3 is 10.1 Å². The molecule has 0 aromatic rings. The van der Waals surface area contributed by atoms with Gasteiger partial charge in [0.1, 0.15) is 0 Å². The summed E-state index contributed by atoms with van der Waals surface area (Å²) in [5, 5.41) is 2.43. The average molecular weight is 159 g/mol. The van der Waals surface area contributed by atoms with Gasteiger partial charge in [-0.1, -0.05) is 6.92 Å². The van der Waals surface area contributed by atoms with E-state index in [1.807, 2.05) is 6.92 Å². The van der Waals surface area contributed by atoms with Crippen LogP contribution in [0.25, 0.3) is 0 Å². The van der Waals surface area contributed by atoms with Crippen LogP contribution in [0.3, 0.4) is 0 Å². The Morgan fingerprint density at radius 2 is 2.36 bits per heavy atom. The molecule has 11 heavy (non-hydrogen) atoms. The first-order chi connectivity index (χ1) is 5.26. The summed E-state index contributed by atoms with van der Waals surface area (Å²) in [5.74, 6) is -0.493. The predicted molar refractivity (Wildman–Crippen MR) is 39.9 cm³/mol. The van der Waals surface area contributed by atoms with E-state index in [1.165, 1.54) is 7.11 Å². The van der Waals surface area contributed by atoms with Crippen molar-refractivity contribution in [1.82, 2.24) is 5.32 Å². The van der Waals surface area contributed by atoms with Gasteiger partial charge in [0.05, 0.1) is 13.0 Å². The number of rotatable bonds is 5. The van der Waals surface area contributed by atoms with Gasteiger partial charge in [-0.15, -0.1) is 0 Å². The predicted octanol–water partition coefficient (Wildman–Crippen LogP) is -0.0684. The van der Waals surface area contributed by atoms with E-state index in [0.29, 0.717) is 19.4 Å². The summed E-state index contributed by atoms with van der Waals surface area (Å²) in [4.78, 5) is 20.7. The molecule has 0 bridgehead atoms. The van der Waals surface area contributed by atoms with Crippen LogP contribution < -0.4 is 5.32 Å². The minimum atomic E-state index is -0.276. The number of hydrogen-bond donors (Lipinski definition) is 1. The molecule has 0 heterocycles. The number of methoxy groups -OCH3 is 1. The third kappa shape index (κ3) is 3.60. The van der Waals surface area contributed by atoms with Crippen LogP contribution in [0, 0.1) is 5.92 Å². The van der Waals surface area contributed by atoms with Crippen molar-refractivity contribution in [2.75, 3.05) is 13.7 Å². The Hall–Kier alpha value is -1.06. The molecule has 0 aliphatic heterocycles. The molecule has 1 N–H and O–H groups in total. The Morgan fingerprint density at radius 1 is 1.73 bits per heavy atom. The fourth-order valence-corrected chi connectivity index (χ4v) is 0.751. The van der Waals surface area contributed by atoms with Gasteiger partial charge in [-0.05, 0) is 6.42 Å². The SMILES string of the molecule is CCC(CNC=O)C(=O)OC. The second-order valence-electron chi connectivity index (χ2n) is 2.15. The summed E-state index contributed by atoms with van der Waals surface area (Å²) in [5.41, 5.74) is 0. The molecule has 0 aliphatic carbocycles. The molecule has 4 nitrogen and oxygen atoms in total. The molecule has 4 heteroatoms. The lowest BCUT2D eigenvalue weighted by Crippen LogP contribution is -2.28. The van der Waals surface area contributed by atoms with Gasteiger partial charge in [-0.25, -0.2) is 0 Å². The lowest BCUT2D eigenvalue weighted by atomic mass is 10.1. The fourth-order valence-electron chi connectivity index (χ4n) is 0.751. The number of carbonyl (C=O) groups excluding carboxylic acids is 2. The molecule has 0 aliphatic rings. The monoisotopic (exact) mass is 159 g/mol. The van der Waals surface area contributed by atoms with Crippen LogP contribution in [0.4, 0.5) is 0 Å². The Morgan fingerprint density at radius 3 is 2.73 bits per heavy atom. The highest BCUT2D eigenvalue weighted by Gasteiger charge is 2.15. The number of carbonyl (C=O) groups is 2. The van der Waals surface area contributed by atoms with E-state index in [4.69, 9.17) is 0 Å². The number of esters is 1. The lowest BCUT2D eigenvalue weighted by molar-refractivity contribution is -0.145. The first-order valence-corrected chi connectivity index (χ1v) is 3.51. The van der Waals surface area contributed by atoms with Gasteiger partial charge in [0.25, 0.3) is 0 Å². The van der Waals surface area contributed by atoms with Gasteiger partial charge in [0.15, 0.2) is 0 Å². The molecule has 64 valence electrons. The standard InChI is InChI=1S/C7H13NO3/c1-3-6(4-8-5-9)7(10)11-2/h5-6H,3-4H2,1-2H3,(H,8,9). The molecule has 0 aromatic carbocycles. The molecule has 0 saturated carbocycles. The molecule has 0 radical (unpaired) electrons. The summed E-state index contributed by atoms with van der Waals surface area (Å²) in [6.07, 6.45) is 1.25. The summed E-state index contributed by atoms with van der Waals surface area (Å²) in [6, 6.07) is 0. The van der Waals surface area contributed by atoms with Crippen molar-refractivity contribution in [3.63, 3.8) is 0 Å². The van der Waals surface area contributed by atoms with Crippen LogP contribution in [0.1, 0.15) is 13.3 Å². The van der Waals surface area contributed by atoms with Crippen LogP contribution in [0.5, 0.6) is 0 Å². The maximum absolute atomic E-state index is 10.9. The first kappa shape index (κ1) is 9.94. The van der Waals surface area contributed by atoms with Crippen molar-refractivity contribution < 1.29 is 14.3 Å². The average Bonchev–Trinajstić information content (AvgIpc) is 2.05. The van der Waals surface area contributed by atoms with Gasteiger partial charge in [-0.3, -0.25) is 9.59 Å². The van der Waals surface area contributed by atoms with Crippen molar-refractivity contribution in [3.8, 4) is 0 Å². The highest BCUT2D eigenvalue weighted by atomic mass is 16.5. The normalized spacial score (nSPS) is 11.8. The maximum Gasteiger partial charge on any atom is 0.310 e. The Bertz CT molecular complexity index is 136. The molecule has 1 unspecified atom stereocenters. The number of nitrogens with one attached hydrogen (secondary N) is 1. The minimum Gasteiger partial charge on any atom is -0.469 e.